The summed E-state index contributed by atoms with van der Waals surface area (Å²) in [5, 5.41) is 7.88. The molecule has 1 N–H and O–H groups in total. The first-order valence-corrected chi connectivity index (χ1v) is 13.9. The zero-order valence-corrected chi connectivity index (χ0v) is 21.3. The molecule has 35 heavy (non-hydrogen) atoms. The number of nitrogens with zero attached hydrogens (tertiary/aromatic N) is 2. The van der Waals surface area contributed by atoms with Gasteiger partial charge in [-0.25, -0.2) is 13.2 Å². The minimum Gasteiger partial charge on any atom is -0.462 e. The fourth-order valence-electron chi connectivity index (χ4n) is 4.83. The molecule has 0 saturated carbocycles. The monoisotopic (exact) mass is 503 g/mol. The molecule has 1 spiro atoms. The molecule has 1 saturated heterocycles. The van der Waals surface area contributed by atoms with Crippen LogP contribution in [0.5, 0.6) is 0 Å². The van der Waals surface area contributed by atoms with Crippen LogP contribution in [0.15, 0.2) is 29.2 Å². The number of hydrogen-bond acceptors (Lipinski definition) is 7. The van der Waals surface area contributed by atoms with Crippen molar-refractivity contribution in [2.24, 2.45) is 11.3 Å². The van der Waals surface area contributed by atoms with Crippen LogP contribution in [0.4, 0.5) is 0 Å². The third-order valence-electron chi connectivity index (χ3n) is 6.89. The minimum absolute atomic E-state index is 0.0394. The van der Waals surface area contributed by atoms with Gasteiger partial charge in [-0.3, -0.25) is 9.48 Å². The maximum atomic E-state index is 13.0. The first-order chi connectivity index (χ1) is 16.6. The van der Waals surface area contributed by atoms with Crippen molar-refractivity contribution >= 4 is 21.7 Å². The van der Waals surface area contributed by atoms with Crippen LogP contribution in [0.1, 0.15) is 58.8 Å². The lowest BCUT2D eigenvalue weighted by Gasteiger charge is -2.36. The molecule has 10 heteroatoms. The fraction of sp³-hybridized carbons (Fsp3) is 0.560. The molecule has 1 amide bonds. The molecule has 9 nitrogen and oxygen atoms in total. The van der Waals surface area contributed by atoms with Crippen molar-refractivity contribution in [1.82, 2.24) is 15.1 Å². The predicted molar refractivity (Wildman–Crippen MR) is 129 cm³/mol. The second kappa shape index (κ2) is 10.1. The molecule has 2 aliphatic rings. The number of carbonyl (C=O) groups excluding carboxylic acids is 2. The van der Waals surface area contributed by atoms with Gasteiger partial charge in [-0.2, -0.15) is 5.10 Å². The summed E-state index contributed by atoms with van der Waals surface area (Å²) in [4.78, 5) is 25.6. The largest absolute Gasteiger partial charge is 0.462 e. The van der Waals surface area contributed by atoms with Crippen molar-refractivity contribution in [2.45, 2.75) is 51.0 Å². The van der Waals surface area contributed by atoms with E-state index < -0.39 is 15.8 Å². The van der Waals surface area contributed by atoms with Gasteiger partial charge in [0.05, 0.1) is 34.0 Å². The first-order valence-electron chi connectivity index (χ1n) is 12.0. The third kappa shape index (κ3) is 5.59. The second-order valence-electron chi connectivity index (χ2n) is 9.78. The van der Waals surface area contributed by atoms with E-state index in [9.17, 15) is 18.0 Å². The van der Waals surface area contributed by atoms with Crippen molar-refractivity contribution < 1.29 is 27.5 Å². The predicted octanol–water partition coefficient (Wildman–Crippen LogP) is 2.42. The van der Waals surface area contributed by atoms with Crippen LogP contribution in [0, 0.1) is 11.3 Å². The molecule has 1 aromatic carbocycles. The molecule has 2 aliphatic heterocycles. The number of rotatable bonds is 7. The molecule has 3 heterocycles. The SMILES string of the molecule is CCc1nn(C[C@@H](C)COC(=O)c2cccc(S(C)(=O)=O)c2)c2c1C(=O)NCC1(CCOCC1)C2. The minimum atomic E-state index is -3.42. The van der Waals surface area contributed by atoms with E-state index in [0.717, 1.165) is 36.9 Å². The zero-order valence-electron chi connectivity index (χ0n) is 20.5. The maximum absolute atomic E-state index is 13.0. The van der Waals surface area contributed by atoms with Gasteiger partial charge in [-0.15, -0.1) is 0 Å². The summed E-state index contributed by atoms with van der Waals surface area (Å²) in [5.74, 6) is -0.713. The third-order valence-corrected chi connectivity index (χ3v) is 8.00. The van der Waals surface area contributed by atoms with Crippen molar-refractivity contribution in [1.29, 1.82) is 0 Å². The van der Waals surface area contributed by atoms with E-state index in [4.69, 9.17) is 14.6 Å². The Morgan fingerprint density at radius 3 is 2.74 bits per heavy atom. The number of aromatic nitrogens is 2. The molecule has 2 aromatic rings. The van der Waals surface area contributed by atoms with Gasteiger partial charge < -0.3 is 14.8 Å². The number of benzene rings is 1. The standard InChI is InChI=1S/C25H33N3O6S/c1-4-20-22-21(13-25(16-26-23(22)29)8-10-33-11-9-25)28(27-20)14-17(2)15-34-24(30)18-6-5-7-19(12-18)35(3,31)32/h5-7,12,17H,4,8-11,13-16H2,1-3H3,(H,26,29)/t17-/m1/s1. The van der Waals surface area contributed by atoms with Gasteiger partial charge >= 0.3 is 5.97 Å². The Bertz CT molecular complexity index is 1210. The van der Waals surface area contributed by atoms with Crippen LogP contribution >= 0.6 is 0 Å². The van der Waals surface area contributed by atoms with Crippen LogP contribution in [0.3, 0.4) is 0 Å². The first kappa shape index (κ1) is 25.4. The van der Waals surface area contributed by atoms with Gasteiger partial charge in [0, 0.05) is 38.5 Å². The van der Waals surface area contributed by atoms with Gasteiger partial charge in [0.2, 0.25) is 0 Å². The number of sulfone groups is 1. The normalized spacial score (nSPS) is 18.4. The zero-order chi connectivity index (χ0) is 25.2. The molecule has 0 radical (unpaired) electrons. The van der Waals surface area contributed by atoms with E-state index in [1.807, 2.05) is 18.5 Å². The van der Waals surface area contributed by atoms with E-state index in [-0.39, 0.29) is 34.3 Å². The Hall–Kier alpha value is -2.72. The Morgan fingerprint density at radius 1 is 1.31 bits per heavy atom. The summed E-state index contributed by atoms with van der Waals surface area (Å²) in [5.41, 5.74) is 2.56. The molecule has 4 rings (SSSR count). The molecule has 0 bridgehead atoms. The van der Waals surface area contributed by atoms with Gasteiger partial charge in [-0.1, -0.05) is 19.9 Å². The average molecular weight is 504 g/mol. The molecular weight excluding hydrogens is 470 g/mol. The van der Waals surface area contributed by atoms with E-state index in [2.05, 4.69) is 5.32 Å². The number of aryl methyl sites for hydroxylation is 1. The summed E-state index contributed by atoms with van der Waals surface area (Å²) < 4.78 is 36.5. The van der Waals surface area contributed by atoms with E-state index in [1.165, 1.54) is 24.3 Å². The highest BCUT2D eigenvalue weighted by atomic mass is 32.2. The van der Waals surface area contributed by atoms with Crippen LogP contribution in [-0.2, 0) is 38.7 Å². The number of nitrogens with one attached hydrogen (secondary N) is 1. The number of ether oxygens (including phenoxy) is 2. The Morgan fingerprint density at radius 2 is 2.06 bits per heavy atom. The molecular formula is C25H33N3O6S. The molecule has 0 unspecified atom stereocenters. The Kier molecular flexibility index (Phi) is 7.32. The van der Waals surface area contributed by atoms with Crippen molar-refractivity contribution in [3.05, 3.63) is 46.8 Å². The lowest BCUT2D eigenvalue weighted by Crippen LogP contribution is -2.41. The maximum Gasteiger partial charge on any atom is 0.338 e. The van der Waals surface area contributed by atoms with Crippen LogP contribution < -0.4 is 5.32 Å². The Labute approximate surface area is 206 Å². The number of fused-ring (bicyclic) bond motifs is 1. The van der Waals surface area contributed by atoms with E-state index in [0.29, 0.717) is 38.3 Å². The molecule has 0 aliphatic carbocycles. The second-order valence-corrected chi connectivity index (χ2v) is 11.8. The highest BCUT2D eigenvalue weighted by molar-refractivity contribution is 7.90. The summed E-state index contributed by atoms with van der Waals surface area (Å²) in [6.07, 6.45) is 4.28. The smallest absolute Gasteiger partial charge is 0.338 e. The van der Waals surface area contributed by atoms with Crippen molar-refractivity contribution in [2.75, 3.05) is 32.6 Å². The van der Waals surface area contributed by atoms with Crippen molar-refractivity contribution in [3.63, 3.8) is 0 Å². The van der Waals surface area contributed by atoms with E-state index in [1.54, 1.807) is 0 Å². The Balaban J connectivity index is 1.49. The number of hydrogen-bond donors (Lipinski definition) is 1. The topological polar surface area (TPSA) is 117 Å². The highest BCUT2D eigenvalue weighted by Gasteiger charge is 2.39. The van der Waals surface area contributed by atoms with Gasteiger partial charge in [0.15, 0.2) is 9.84 Å². The number of esters is 1. The average Bonchev–Trinajstić information content (AvgIpc) is 3.10. The van der Waals surface area contributed by atoms with Crippen LogP contribution in [0.2, 0.25) is 0 Å². The van der Waals surface area contributed by atoms with Gasteiger partial charge in [-0.05, 0) is 49.3 Å². The molecule has 190 valence electrons. The molecule has 1 aromatic heterocycles. The summed E-state index contributed by atoms with van der Waals surface area (Å²) in [7, 11) is -3.42. The molecule has 1 fully saturated rings. The fourth-order valence-corrected chi connectivity index (χ4v) is 5.49. The quantitative estimate of drug-likeness (QED) is 0.577. The lowest BCUT2D eigenvalue weighted by molar-refractivity contribution is 0.0151. The number of carbonyl (C=O) groups is 2. The lowest BCUT2D eigenvalue weighted by atomic mass is 9.76. The van der Waals surface area contributed by atoms with Crippen molar-refractivity contribution in [3.8, 4) is 0 Å². The van der Waals surface area contributed by atoms with Gasteiger partial charge in [0.25, 0.3) is 5.91 Å². The van der Waals surface area contributed by atoms with Crippen LogP contribution in [0.25, 0.3) is 0 Å². The number of amides is 1. The summed E-state index contributed by atoms with van der Waals surface area (Å²) in [6.45, 7) is 6.60. The molecule has 1 atom stereocenters. The van der Waals surface area contributed by atoms with E-state index >= 15 is 0 Å². The highest BCUT2D eigenvalue weighted by Crippen LogP contribution is 2.37. The van der Waals surface area contributed by atoms with Crippen LogP contribution in [-0.4, -0.2) is 62.7 Å². The summed E-state index contributed by atoms with van der Waals surface area (Å²) >= 11 is 0. The summed E-state index contributed by atoms with van der Waals surface area (Å²) in [6, 6.07) is 5.84. The van der Waals surface area contributed by atoms with Gasteiger partial charge in [0.1, 0.15) is 0 Å².